The Hall–Kier alpha value is -1.75. The highest BCUT2D eigenvalue weighted by Crippen LogP contribution is 2.17. The molecule has 0 spiro atoms. The van der Waals surface area contributed by atoms with Crippen LogP contribution in [0.1, 0.15) is 24.2 Å². The maximum absolute atomic E-state index is 4.67. The van der Waals surface area contributed by atoms with E-state index < -0.39 is 0 Å². The van der Waals surface area contributed by atoms with Crippen LogP contribution < -0.4 is 5.32 Å². The Labute approximate surface area is 112 Å². The van der Waals surface area contributed by atoms with Crippen LogP contribution in [0.2, 0.25) is 0 Å². The van der Waals surface area contributed by atoms with Gasteiger partial charge < -0.3 is 10.3 Å². The van der Waals surface area contributed by atoms with Gasteiger partial charge in [-0.25, -0.2) is 9.97 Å². The third kappa shape index (κ3) is 2.98. The van der Waals surface area contributed by atoms with E-state index >= 15 is 0 Å². The lowest BCUT2D eigenvalue weighted by Crippen LogP contribution is -2.31. The molecule has 100 valence electrons. The van der Waals surface area contributed by atoms with Crippen molar-refractivity contribution in [3.05, 3.63) is 30.0 Å². The lowest BCUT2D eigenvalue weighted by Gasteiger charge is -2.22. The maximum Gasteiger partial charge on any atom is 0.157 e. The van der Waals surface area contributed by atoms with Crippen LogP contribution in [0.15, 0.2) is 18.6 Å². The van der Waals surface area contributed by atoms with E-state index in [0.717, 1.165) is 42.4 Å². The number of H-pyrrole nitrogens is 1. The lowest BCUT2D eigenvalue weighted by atomic mass is 9.95. The summed E-state index contributed by atoms with van der Waals surface area (Å²) >= 11 is 0. The molecule has 5 nitrogen and oxygen atoms in total. The summed E-state index contributed by atoms with van der Waals surface area (Å²) in [6, 6.07) is 0. The van der Waals surface area contributed by atoms with Gasteiger partial charge in [0.2, 0.25) is 0 Å². The number of nitrogens with one attached hydrogen (secondary N) is 2. The smallest absolute Gasteiger partial charge is 0.157 e. The average Bonchev–Trinajstić information content (AvgIpc) is 2.87. The van der Waals surface area contributed by atoms with E-state index in [2.05, 4.69) is 25.3 Å². The van der Waals surface area contributed by atoms with Gasteiger partial charge in [-0.05, 0) is 45.2 Å². The van der Waals surface area contributed by atoms with Gasteiger partial charge >= 0.3 is 0 Å². The van der Waals surface area contributed by atoms with E-state index in [9.17, 15) is 0 Å². The number of aryl methyl sites for hydroxylation is 1. The van der Waals surface area contributed by atoms with Crippen LogP contribution in [-0.4, -0.2) is 33.0 Å². The van der Waals surface area contributed by atoms with Crippen LogP contribution in [0.5, 0.6) is 0 Å². The van der Waals surface area contributed by atoms with Crippen molar-refractivity contribution >= 4 is 0 Å². The zero-order valence-corrected chi connectivity index (χ0v) is 11.2. The van der Waals surface area contributed by atoms with Gasteiger partial charge in [0.15, 0.2) is 5.82 Å². The minimum absolute atomic E-state index is 0.677. The van der Waals surface area contributed by atoms with Crippen molar-refractivity contribution in [1.82, 2.24) is 25.3 Å². The lowest BCUT2D eigenvalue weighted by molar-refractivity contribution is 0.373. The monoisotopic (exact) mass is 257 g/mol. The van der Waals surface area contributed by atoms with Crippen molar-refractivity contribution in [3.8, 4) is 11.5 Å². The van der Waals surface area contributed by atoms with E-state index in [-0.39, 0.29) is 0 Å². The number of aromatic nitrogens is 4. The molecule has 0 saturated carbocycles. The Bertz CT molecular complexity index is 542. The van der Waals surface area contributed by atoms with Gasteiger partial charge in [-0.1, -0.05) is 0 Å². The van der Waals surface area contributed by atoms with Crippen molar-refractivity contribution in [2.75, 3.05) is 13.1 Å². The largest absolute Gasteiger partial charge is 0.341 e. The summed E-state index contributed by atoms with van der Waals surface area (Å²) < 4.78 is 0. The van der Waals surface area contributed by atoms with Gasteiger partial charge in [-0.3, -0.25) is 4.98 Å². The minimum atomic E-state index is 0.677. The second-order valence-electron chi connectivity index (χ2n) is 5.23. The zero-order chi connectivity index (χ0) is 13.1. The predicted octanol–water partition coefficient (Wildman–Crippen LogP) is 1.72. The molecule has 1 aliphatic heterocycles. The van der Waals surface area contributed by atoms with E-state index in [1.54, 1.807) is 6.20 Å². The minimum Gasteiger partial charge on any atom is -0.341 e. The average molecular weight is 257 g/mol. The molecule has 0 unspecified atom stereocenters. The van der Waals surface area contributed by atoms with Gasteiger partial charge in [-0.15, -0.1) is 0 Å². The molecule has 0 radical (unpaired) electrons. The zero-order valence-electron chi connectivity index (χ0n) is 11.2. The molecule has 0 aromatic carbocycles. The maximum atomic E-state index is 4.67. The second-order valence-corrected chi connectivity index (χ2v) is 5.23. The first-order valence-electron chi connectivity index (χ1n) is 6.85. The first kappa shape index (κ1) is 12.3. The summed E-state index contributed by atoms with van der Waals surface area (Å²) in [4.78, 5) is 16.5. The van der Waals surface area contributed by atoms with Gasteiger partial charge in [0.25, 0.3) is 0 Å². The Morgan fingerprint density at radius 3 is 3.00 bits per heavy atom. The fraction of sp³-hybridized carbons (Fsp3) is 0.500. The second kappa shape index (κ2) is 5.48. The van der Waals surface area contributed by atoms with E-state index in [4.69, 9.17) is 0 Å². The van der Waals surface area contributed by atoms with Crippen molar-refractivity contribution < 1.29 is 0 Å². The number of aromatic amines is 1. The van der Waals surface area contributed by atoms with Crippen LogP contribution in [0.4, 0.5) is 0 Å². The highest BCUT2D eigenvalue weighted by Gasteiger charge is 2.15. The van der Waals surface area contributed by atoms with E-state index in [1.165, 1.54) is 12.8 Å². The van der Waals surface area contributed by atoms with Crippen molar-refractivity contribution in [3.63, 3.8) is 0 Å². The van der Waals surface area contributed by atoms with Crippen LogP contribution in [0.3, 0.4) is 0 Å². The molecule has 2 N–H and O–H groups in total. The van der Waals surface area contributed by atoms with Gasteiger partial charge in [0, 0.05) is 18.1 Å². The van der Waals surface area contributed by atoms with Crippen LogP contribution in [0.25, 0.3) is 11.5 Å². The first-order valence-corrected chi connectivity index (χ1v) is 6.85. The SMILES string of the molecule is Cc1cnc(-c2cncc(C[C@@H]3CCCNC3)n2)[nH]1. The molecule has 2 aromatic heterocycles. The predicted molar refractivity (Wildman–Crippen MR) is 73.6 cm³/mol. The quantitative estimate of drug-likeness (QED) is 0.878. The molecule has 0 aliphatic carbocycles. The number of nitrogens with zero attached hydrogens (tertiary/aromatic N) is 3. The Morgan fingerprint density at radius 1 is 1.32 bits per heavy atom. The Balaban J connectivity index is 1.75. The van der Waals surface area contributed by atoms with Crippen LogP contribution in [-0.2, 0) is 6.42 Å². The third-order valence-corrected chi connectivity index (χ3v) is 3.53. The van der Waals surface area contributed by atoms with Crippen molar-refractivity contribution in [2.45, 2.75) is 26.2 Å². The van der Waals surface area contributed by atoms with Gasteiger partial charge in [-0.2, -0.15) is 0 Å². The molecule has 0 amide bonds. The Morgan fingerprint density at radius 2 is 2.26 bits per heavy atom. The summed E-state index contributed by atoms with van der Waals surface area (Å²) in [5.41, 5.74) is 2.92. The third-order valence-electron chi connectivity index (χ3n) is 3.53. The van der Waals surface area contributed by atoms with Crippen molar-refractivity contribution in [1.29, 1.82) is 0 Å². The van der Waals surface area contributed by atoms with Gasteiger partial charge in [0.05, 0.1) is 11.9 Å². The van der Waals surface area contributed by atoms with Crippen LogP contribution in [0, 0.1) is 12.8 Å². The van der Waals surface area contributed by atoms with Gasteiger partial charge in [0.1, 0.15) is 5.69 Å². The number of hydrogen-bond acceptors (Lipinski definition) is 4. The number of hydrogen-bond donors (Lipinski definition) is 2. The molecule has 1 atom stereocenters. The molecule has 19 heavy (non-hydrogen) atoms. The topological polar surface area (TPSA) is 66.5 Å². The molecule has 3 rings (SSSR count). The molecule has 1 fully saturated rings. The standard InChI is InChI=1S/C14H19N5/c1-10-6-17-14(18-10)13-9-16-8-12(19-13)5-11-3-2-4-15-7-11/h6,8-9,11,15H,2-5,7H2,1H3,(H,17,18)/t11-/m0/s1. The fourth-order valence-corrected chi connectivity index (χ4v) is 2.56. The summed E-state index contributed by atoms with van der Waals surface area (Å²) in [5.74, 6) is 1.48. The fourth-order valence-electron chi connectivity index (χ4n) is 2.56. The molecular formula is C14H19N5. The Kier molecular flexibility index (Phi) is 3.55. The molecule has 5 heteroatoms. The number of imidazole rings is 1. The molecule has 1 aliphatic rings. The molecule has 1 saturated heterocycles. The summed E-state index contributed by atoms with van der Waals surface area (Å²) in [5, 5.41) is 3.44. The summed E-state index contributed by atoms with van der Waals surface area (Å²) in [6.07, 6.45) is 8.98. The summed E-state index contributed by atoms with van der Waals surface area (Å²) in [6.45, 7) is 4.22. The van der Waals surface area contributed by atoms with E-state index in [0.29, 0.717) is 5.92 Å². The number of rotatable bonds is 3. The molecule has 2 aromatic rings. The number of piperidine rings is 1. The molecule has 3 heterocycles. The van der Waals surface area contributed by atoms with Crippen molar-refractivity contribution in [2.24, 2.45) is 5.92 Å². The summed E-state index contributed by atoms with van der Waals surface area (Å²) in [7, 11) is 0. The highest BCUT2D eigenvalue weighted by atomic mass is 15.0. The molecule has 0 bridgehead atoms. The highest BCUT2D eigenvalue weighted by molar-refractivity contribution is 5.47. The molecular weight excluding hydrogens is 238 g/mol. The normalized spacial score (nSPS) is 19.5. The van der Waals surface area contributed by atoms with Crippen LogP contribution >= 0.6 is 0 Å². The van der Waals surface area contributed by atoms with E-state index in [1.807, 2.05) is 19.3 Å². The first-order chi connectivity index (χ1) is 9.31.